The van der Waals surface area contributed by atoms with E-state index in [9.17, 15) is 14.0 Å². The maximum absolute atomic E-state index is 14.9. The molecule has 0 bridgehead atoms. The summed E-state index contributed by atoms with van der Waals surface area (Å²) in [7, 11) is 0. The molecular weight excluding hydrogens is 403 g/mol. The van der Waals surface area contributed by atoms with Crippen molar-refractivity contribution in [1.82, 2.24) is 4.90 Å². The van der Waals surface area contributed by atoms with Crippen LogP contribution in [-0.4, -0.2) is 48.0 Å². The van der Waals surface area contributed by atoms with E-state index in [2.05, 4.69) is 0 Å². The van der Waals surface area contributed by atoms with Gasteiger partial charge >= 0.3 is 12.2 Å². The normalized spacial score (nSPS) is 18.6. The fraction of sp³-hybridized carbons (Fsp3) is 0.304. The maximum Gasteiger partial charge on any atom is 0.414 e. The fourth-order valence-electron chi connectivity index (χ4n) is 3.67. The average Bonchev–Trinajstić information content (AvgIpc) is 3.19. The Morgan fingerprint density at radius 1 is 1.23 bits per heavy atom. The molecule has 2 aromatic carbocycles. The molecule has 4 rings (SSSR count). The number of halogens is 1. The van der Waals surface area contributed by atoms with Crippen molar-refractivity contribution in [3.8, 4) is 0 Å². The Bertz CT molecular complexity index is 995. The van der Waals surface area contributed by atoms with Gasteiger partial charge in [-0.3, -0.25) is 9.80 Å². The first-order valence-electron chi connectivity index (χ1n) is 10.1. The molecule has 1 saturated heterocycles. The number of cyclic esters (lactones) is 1. The van der Waals surface area contributed by atoms with Gasteiger partial charge in [-0.15, -0.1) is 0 Å². The molecule has 1 N–H and O–H groups in total. The van der Waals surface area contributed by atoms with E-state index in [-0.39, 0.29) is 19.8 Å². The lowest BCUT2D eigenvalue weighted by Crippen LogP contribution is -2.30. The molecular formula is C23H23FN2O5. The monoisotopic (exact) mass is 426 g/mol. The van der Waals surface area contributed by atoms with Crippen LogP contribution in [0.5, 0.6) is 0 Å². The standard InChI is InChI=1S/C23H23FN2O5/c24-21-11-18(26-13-19(14-27)31-23(26)29)8-9-20(21)17-7-4-10-25(12-17)22(28)30-15-16-5-2-1-3-6-16/h1-3,5-6,8-9,11-12,19,27H,4,7,10,13-15H2. The van der Waals surface area contributed by atoms with Gasteiger partial charge in [0.1, 0.15) is 18.5 Å². The van der Waals surface area contributed by atoms with Crippen molar-refractivity contribution in [2.75, 3.05) is 24.6 Å². The van der Waals surface area contributed by atoms with Crippen LogP contribution in [0.15, 0.2) is 54.7 Å². The number of amides is 2. The number of aliphatic hydroxyl groups is 1. The summed E-state index contributed by atoms with van der Waals surface area (Å²) in [6.07, 6.45) is 1.22. The highest BCUT2D eigenvalue weighted by Gasteiger charge is 2.32. The van der Waals surface area contributed by atoms with Crippen LogP contribution >= 0.6 is 0 Å². The summed E-state index contributed by atoms with van der Waals surface area (Å²) in [4.78, 5) is 27.1. The summed E-state index contributed by atoms with van der Waals surface area (Å²) >= 11 is 0. The van der Waals surface area contributed by atoms with Gasteiger partial charge in [0.15, 0.2) is 0 Å². The molecule has 1 fully saturated rings. The van der Waals surface area contributed by atoms with Crippen molar-refractivity contribution in [2.45, 2.75) is 25.6 Å². The smallest absolute Gasteiger partial charge is 0.414 e. The highest BCUT2D eigenvalue weighted by Crippen LogP contribution is 2.31. The number of allylic oxidation sites excluding steroid dienone is 1. The third-order valence-electron chi connectivity index (χ3n) is 5.28. The zero-order valence-electron chi connectivity index (χ0n) is 16.9. The zero-order valence-corrected chi connectivity index (χ0v) is 16.9. The topological polar surface area (TPSA) is 79.3 Å². The van der Waals surface area contributed by atoms with Gasteiger partial charge < -0.3 is 14.6 Å². The van der Waals surface area contributed by atoms with E-state index in [1.54, 1.807) is 18.3 Å². The predicted molar refractivity (Wildman–Crippen MR) is 112 cm³/mol. The van der Waals surface area contributed by atoms with Gasteiger partial charge in [0, 0.05) is 18.3 Å². The molecule has 1 unspecified atom stereocenters. The Morgan fingerprint density at radius 3 is 2.74 bits per heavy atom. The van der Waals surface area contributed by atoms with Crippen molar-refractivity contribution in [1.29, 1.82) is 0 Å². The number of carbonyl (C=O) groups excluding carboxylic acids is 2. The molecule has 2 aromatic rings. The molecule has 1 atom stereocenters. The fourth-order valence-corrected chi connectivity index (χ4v) is 3.67. The van der Waals surface area contributed by atoms with Crippen LogP contribution in [0.1, 0.15) is 24.0 Å². The lowest BCUT2D eigenvalue weighted by molar-refractivity contribution is 0.0963. The summed E-state index contributed by atoms with van der Waals surface area (Å²) in [6, 6.07) is 13.9. The highest BCUT2D eigenvalue weighted by molar-refractivity contribution is 5.90. The first-order valence-corrected chi connectivity index (χ1v) is 10.1. The van der Waals surface area contributed by atoms with Crippen LogP contribution in [0.3, 0.4) is 0 Å². The number of hydrogen-bond acceptors (Lipinski definition) is 5. The van der Waals surface area contributed by atoms with E-state index in [1.165, 1.54) is 15.9 Å². The van der Waals surface area contributed by atoms with Crippen LogP contribution < -0.4 is 4.90 Å². The molecule has 2 aliphatic rings. The average molecular weight is 426 g/mol. The van der Waals surface area contributed by atoms with Crippen LogP contribution in [0, 0.1) is 5.82 Å². The van der Waals surface area contributed by atoms with E-state index in [0.717, 1.165) is 5.56 Å². The molecule has 2 aliphatic heterocycles. The number of ether oxygens (including phenoxy) is 2. The molecule has 2 amide bonds. The quantitative estimate of drug-likeness (QED) is 0.784. The SMILES string of the molecule is O=C(OCc1ccccc1)N1C=C(c2ccc(N3CC(CO)OC3=O)cc2F)CCC1. The predicted octanol–water partition coefficient (Wildman–Crippen LogP) is 3.92. The molecule has 7 nitrogen and oxygen atoms in total. The maximum atomic E-state index is 14.9. The molecule has 8 heteroatoms. The van der Waals surface area contributed by atoms with Gasteiger partial charge in [0.05, 0.1) is 18.8 Å². The minimum absolute atomic E-state index is 0.165. The molecule has 0 radical (unpaired) electrons. The Balaban J connectivity index is 1.46. The van der Waals surface area contributed by atoms with Crippen molar-refractivity contribution >= 4 is 23.4 Å². The van der Waals surface area contributed by atoms with Crippen LogP contribution in [0.25, 0.3) is 5.57 Å². The molecule has 0 saturated carbocycles. The van der Waals surface area contributed by atoms with E-state index in [4.69, 9.17) is 14.6 Å². The lowest BCUT2D eigenvalue weighted by atomic mass is 9.98. The first-order chi connectivity index (χ1) is 15.0. The van der Waals surface area contributed by atoms with Crippen molar-refractivity contribution in [3.05, 3.63) is 71.7 Å². The number of nitrogens with zero attached hydrogens (tertiary/aromatic N) is 2. The lowest BCUT2D eigenvalue weighted by Gasteiger charge is -2.25. The molecule has 0 aromatic heterocycles. The summed E-state index contributed by atoms with van der Waals surface area (Å²) < 4.78 is 25.3. The molecule has 162 valence electrons. The number of benzene rings is 2. The third kappa shape index (κ3) is 4.69. The van der Waals surface area contributed by atoms with Gasteiger partial charge in [0.25, 0.3) is 0 Å². The van der Waals surface area contributed by atoms with Crippen LogP contribution in [0.2, 0.25) is 0 Å². The van der Waals surface area contributed by atoms with Crippen molar-refractivity contribution in [2.24, 2.45) is 0 Å². The highest BCUT2D eigenvalue weighted by atomic mass is 19.1. The van der Waals surface area contributed by atoms with Crippen LogP contribution in [-0.2, 0) is 16.1 Å². The van der Waals surface area contributed by atoms with Gasteiger partial charge in [0.2, 0.25) is 0 Å². The summed E-state index contributed by atoms with van der Waals surface area (Å²) in [6.45, 7) is 0.548. The van der Waals surface area contributed by atoms with Gasteiger partial charge in [-0.05, 0) is 42.2 Å². The number of anilines is 1. The van der Waals surface area contributed by atoms with Gasteiger partial charge in [-0.2, -0.15) is 0 Å². The summed E-state index contributed by atoms with van der Waals surface area (Å²) in [5.74, 6) is -0.497. The number of hydrogen-bond donors (Lipinski definition) is 1. The molecule has 0 spiro atoms. The largest absolute Gasteiger partial charge is 0.444 e. The number of carbonyl (C=O) groups is 2. The Hall–Kier alpha value is -3.39. The van der Waals surface area contributed by atoms with E-state index < -0.39 is 24.1 Å². The second kappa shape index (κ2) is 9.18. The second-order valence-corrected chi connectivity index (χ2v) is 7.45. The minimum Gasteiger partial charge on any atom is -0.444 e. The van der Waals surface area contributed by atoms with E-state index in [1.807, 2.05) is 30.3 Å². The third-order valence-corrected chi connectivity index (χ3v) is 5.28. The Morgan fingerprint density at radius 2 is 2.03 bits per heavy atom. The first kappa shape index (κ1) is 20.9. The van der Waals surface area contributed by atoms with Gasteiger partial charge in [-0.25, -0.2) is 14.0 Å². The van der Waals surface area contributed by atoms with Crippen molar-refractivity contribution < 1.29 is 28.6 Å². The Kier molecular flexibility index (Phi) is 6.18. The van der Waals surface area contributed by atoms with E-state index >= 15 is 0 Å². The van der Waals surface area contributed by atoms with E-state index in [0.29, 0.717) is 36.2 Å². The summed E-state index contributed by atoms with van der Waals surface area (Å²) in [5.41, 5.74) is 2.31. The number of rotatable bonds is 5. The molecule has 0 aliphatic carbocycles. The summed E-state index contributed by atoms with van der Waals surface area (Å²) in [5, 5.41) is 9.16. The van der Waals surface area contributed by atoms with Crippen LogP contribution in [0.4, 0.5) is 19.7 Å². The minimum atomic E-state index is -0.619. The molecule has 31 heavy (non-hydrogen) atoms. The number of aliphatic hydroxyl groups excluding tert-OH is 1. The zero-order chi connectivity index (χ0) is 21.8. The molecule has 2 heterocycles. The van der Waals surface area contributed by atoms with Crippen molar-refractivity contribution in [3.63, 3.8) is 0 Å². The second-order valence-electron chi connectivity index (χ2n) is 7.45. The Labute approximate surface area is 179 Å². The van der Waals surface area contributed by atoms with Gasteiger partial charge in [-0.1, -0.05) is 30.3 Å².